The summed E-state index contributed by atoms with van der Waals surface area (Å²) < 4.78 is 14.2. The van der Waals surface area contributed by atoms with E-state index in [0.29, 0.717) is 16.4 Å². The van der Waals surface area contributed by atoms with Gasteiger partial charge >= 0.3 is 0 Å². The van der Waals surface area contributed by atoms with Gasteiger partial charge in [-0.25, -0.2) is 4.39 Å². The van der Waals surface area contributed by atoms with Crippen molar-refractivity contribution in [2.24, 2.45) is 5.92 Å². The van der Waals surface area contributed by atoms with Crippen LogP contribution in [0.3, 0.4) is 0 Å². The predicted molar refractivity (Wildman–Crippen MR) is 84.0 cm³/mol. The lowest BCUT2D eigenvalue weighted by molar-refractivity contribution is 0.322. The lowest BCUT2D eigenvalue weighted by Crippen LogP contribution is -2.35. The molecule has 0 amide bonds. The van der Waals surface area contributed by atoms with Gasteiger partial charge in [-0.3, -0.25) is 0 Å². The largest absolute Gasteiger partial charge is 0.316 e. The number of rotatable bonds is 8. The lowest BCUT2D eigenvalue weighted by atomic mass is 9.87. The second kappa shape index (κ2) is 8.70. The normalized spacial score (nSPS) is 12.9. The maximum absolute atomic E-state index is 13.6. The van der Waals surface area contributed by atoms with E-state index < -0.39 is 0 Å². The summed E-state index contributed by atoms with van der Waals surface area (Å²) in [5.41, 5.74) is 1.05. The van der Waals surface area contributed by atoms with E-state index in [4.69, 9.17) is 0 Å². The van der Waals surface area contributed by atoms with E-state index >= 15 is 0 Å². The van der Waals surface area contributed by atoms with E-state index in [0.717, 1.165) is 12.0 Å². The van der Waals surface area contributed by atoms with Gasteiger partial charge in [-0.2, -0.15) is 0 Å². The average Bonchev–Trinajstić information content (AvgIpc) is 2.40. The Kier molecular flexibility index (Phi) is 7.62. The highest BCUT2D eigenvalue weighted by Gasteiger charge is 2.20. The highest BCUT2D eigenvalue weighted by atomic mass is 79.9. The summed E-state index contributed by atoms with van der Waals surface area (Å²) in [5, 5.41) is 3.42. The fourth-order valence-corrected chi connectivity index (χ4v) is 3.16. The van der Waals surface area contributed by atoms with Crippen LogP contribution in [0.5, 0.6) is 0 Å². The monoisotopic (exact) mass is 329 g/mol. The molecule has 1 aromatic carbocycles. The zero-order valence-corrected chi connectivity index (χ0v) is 13.8. The number of halogens is 2. The molecule has 0 radical (unpaired) electrons. The van der Waals surface area contributed by atoms with Crippen molar-refractivity contribution in [1.82, 2.24) is 5.32 Å². The summed E-state index contributed by atoms with van der Waals surface area (Å²) in [6.45, 7) is 4.46. The van der Waals surface area contributed by atoms with Gasteiger partial charge in [-0.05, 0) is 59.8 Å². The van der Waals surface area contributed by atoms with Crippen molar-refractivity contribution in [2.75, 3.05) is 7.05 Å². The van der Waals surface area contributed by atoms with Gasteiger partial charge in [-0.1, -0.05) is 38.8 Å². The number of hydrogen-bond acceptors (Lipinski definition) is 1. The molecule has 1 rings (SSSR count). The number of likely N-dealkylation sites (N-methyl/N-ethyl adjacent to an activating group) is 1. The molecule has 0 aliphatic heterocycles. The molecule has 0 aliphatic rings. The van der Waals surface area contributed by atoms with Gasteiger partial charge in [0.15, 0.2) is 0 Å². The molecule has 1 nitrogen and oxygen atoms in total. The molecule has 108 valence electrons. The second-order valence-electron chi connectivity index (χ2n) is 5.15. The summed E-state index contributed by atoms with van der Waals surface area (Å²) in [6, 6.07) is 5.71. The molecule has 0 saturated carbocycles. The number of hydrogen-bond donors (Lipinski definition) is 1. The van der Waals surface area contributed by atoms with Crippen LogP contribution in [0.4, 0.5) is 4.39 Å². The highest BCUT2D eigenvalue weighted by molar-refractivity contribution is 9.10. The van der Waals surface area contributed by atoms with Crippen LogP contribution in [0.15, 0.2) is 22.7 Å². The summed E-state index contributed by atoms with van der Waals surface area (Å²) in [5.74, 6) is 0.491. The maximum atomic E-state index is 13.6. The molecule has 0 spiro atoms. The first-order valence-electron chi connectivity index (χ1n) is 7.24. The van der Waals surface area contributed by atoms with Crippen LogP contribution >= 0.6 is 15.9 Å². The Balaban J connectivity index is 2.82. The quantitative estimate of drug-likeness (QED) is 0.712. The van der Waals surface area contributed by atoms with Crippen LogP contribution in [-0.2, 0) is 6.42 Å². The Labute approximate surface area is 125 Å². The van der Waals surface area contributed by atoms with E-state index in [2.05, 4.69) is 35.1 Å². The SMILES string of the molecule is CCCC(CCC)C(Cc1cccc(F)c1Br)NC. The van der Waals surface area contributed by atoms with Gasteiger partial charge in [0, 0.05) is 6.04 Å². The summed E-state index contributed by atoms with van der Waals surface area (Å²) >= 11 is 3.36. The molecule has 0 heterocycles. The van der Waals surface area contributed by atoms with Gasteiger partial charge in [0.25, 0.3) is 0 Å². The van der Waals surface area contributed by atoms with Crippen LogP contribution in [0, 0.1) is 11.7 Å². The van der Waals surface area contributed by atoms with Crippen molar-refractivity contribution >= 4 is 15.9 Å². The van der Waals surface area contributed by atoms with Crippen LogP contribution in [0.25, 0.3) is 0 Å². The molecule has 0 aliphatic carbocycles. The van der Waals surface area contributed by atoms with E-state index in [-0.39, 0.29) is 5.82 Å². The number of benzene rings is 1. The molecular weight excluding hydrogens is 305 g/mol. The summed E-state index contributed by atoms with van der Waals surface area (Å²) in [6.07, 6.45) is 5.73. The Bertz CT molecular complexity index is 375. The minimum Gasteiger partial charge on any atom is -0.316 e. The van der Waals surface area contributed by atoms with Gasteiger partial charge in [0.2, 0.25) is 0 Å². The third-order valence-corrected chi connectivity index (χ3v) is 4.62. The van der Waals surface area contributed by atoms with Gasteiger partial charge in [0.1, 0.15) is 5.82 Å². The molecule has 0 bridgehead atoms. The lowest BCUT2D eigenvalue weighted by Gasteiger charge is -2.27. The van der Waals surface area contributed by atoms with Crippen LogP contribution < -0.4 is 5.32 Å². The average molecular weight is 330 g/mol. The van der Waals surface area contributed by atoms with Crippen LogP contribution in [0.2, 0.25) is 0 Å². The van der Waals surface area contributed by atoms with Crippen LogP contribution in [-0.4, -0.2) is 13.1 Å². The molecule has 1 unspecified atom stereocenters. The minimum atomic E-state index is -0.171. The Morgan fingerprint density at radius 3 is 2.37 bits per heavy atom. The van der Waals surface area contributed by atoms with Gasteiger partial charge in [0.05, 0.1) is 4.47 Å². The van der Waals surface area contributed by atoms with E-state index in [1.54, 1.807) is 6.07 Å². The Hall–Kier alpha value is -0.410. The molecule has 19 heavy (non-hydrogen) atoms. The van der Waals surface area contributed by atoms with Crippen molar-refractivity contribution in [3.63, 3.8) is 0 Å². The first-order chi connectivity index (χ1) is 9.13. The third-order valence-electron chi connectivity index (χ3n) is 3.73. The molecule has 1 N–H and O–H groups in total. The fourth-order valence-electron chi connectivity index (χ4n) is 2.74. The van der Waals surface area contributed by atoms with Gasteiger partial charge in [-0.15, -0.1) is 0 Å². The third kappa shape index (κ3) is 4.88. The Morgan fingerprint density at radius 2 is 1.84 bits per heavy atom. The standard InChI is InChI=1S/C16H25BrFN/c1-4-7-12(8-5-2)15(19-3)11-13-9-6-10-14(18)16(13)17/h6,9-10,12,15,19H,4-5,7-8,11H2,1-3H3. The predicted octanol–water partition coefficient (Wildman–Crippen LogP) is 4.94. The molecule has 3 heteroatoms. The van der Waals surface area contributed by atoms with Gasteiger partial charge < -0.3 is 5.32 Å². The van der Waals surface area contributed by atoms with E-state index in [9.17, 15) is 4.39 Å². The first-order valence-corrected chi connectivity index (χ1v) is 8.03. The fraction of sp³-hybridized carbons (Fsp3) is 0.625. The maximum Gasteiger partial charge on any atom is 0.137 e. The van der Waals surface area contributed by atoms with Crippen molar-refractivity contribution < 1.29 is 4.39 Å². The topological polar surface area (TPSA) is 12.0 Å². The second-order valence-corrected chi connectivity index (χ2v) is 5.94. The van der Waals surface area contributed by atoms with Crippen molar-refractivity contribution in [3.8, 4) is 0 Å². The molecule has 0 saturated heterocycles. The Morgan fingerprint density at radius 1 is 1.21 bits per heavy atom. The zero-order chi connectivity index (χ0) is 14.3. The molecular formula is C16H25BrFN. The van der Waals surface area contributed by atoms with Crippen molar-refractivity contribution in [2.45, 2.75) is 52.0 Å². The molecule has 0 aromatic heterocycles. The summed E-state index contributed by atoms with van der Waals surface area (Å²) in [4.78, 5) is 0. The van der Waals surface area contributed by atoms with Crippen LogP contribution in [0.1, 0.15) is 45.1 Å². The van der Waals surface area contributed by atoms with E-state index in [1.165, 1.54) is 31.7 Å². The summed E-state index contributed by atoms with van der Waals surface area (Å²) in [7, 11) is 2.01. The minimum absolute atomic E-state index is 0.171. The molecule has 1 atom stereocenters. The number of nitrogens with one attached hydrogen (secondary N) is 1. The zero-order valence-electron chi connectivity index (χ0n) is 12.2. The molecule has 1 aromatic rings. The highest BCUT2D eigenvalue weighted by Crippen LogP contribution is 2.26. The molecule has 0 fully saturated rings. The van der Waals surface area contributed by atoms with Crippen molar-refractivity contribution in [1.29, 1.82) is 0 Å². The van der Waals surface area contributed by atoms with E-state index in [1.807, 2.05) is 13.1 Å². The van der Waals surface area contributed by atoms with Crippen molar-refractivity contribution in [3.05, 3.63) is 34.1 Å². The smallest absolute Gasteiger partial charge is 0.137 e. The first kappa shape index (κ1) is 16.6.